The van der Waals surface area contributed by atoms with Crippen LogP contribution in [0, 0.1) is 11.3 Å². The van der Waals surface area contributed by atoms with Gasteiger partial charge in [0.15, 0.2) is 0 Å². The molecule has 154 valence electrons. The van der Waals surface area contributed by atoms with Crippen LogP contribution in [0.2, 0.25) is 0 Å². The summed E-state index contributed by atoms with van der Waals surface area (Å²) in [5.74, 6) is -1.62. The highest BCUT2D eigenvalue weighted by Gasteiger charge is 2.14. The molecule has 0 spiro atoms. The van der Waals surface area contributed by atoms with E-state index in [-0.39, 0.29) is 29.2 Å². The Hall–Kier alpha value is -4.57. The van der Waals surface area contributed by atoms with E-state index in [0.717, 1.165) is 5.56 Å². The van der Waals surface area contributed by atoms with E-state index in [2.05, 4.69) is 5.32 Å². The summed E-state index contributed by atoms with van der Waals surface area (Å²) in [6.45, 7) is 0.203. The van der Waals surface area contributed by atoms with E-state index >= 15 is 0 Å². The zero-order valence-electron chi connectivity index (χ0n) is 16.3. The number of aromatic hydroxyl groups is 1. The minimum Gasteiger partial charge on any atom is -0.508 e. The van der Waals surface area contributed by atoms with Gasteiger partial charge in [0.1, 0.15) is 35.3 Å². The molecule has 0 atom stereocenters. The third-order valence-corrected chi connectivity index (χ3v) is 4.27. The fraction of sp³-hybridized carbons (Fsp3) is 0.0417. The monoisotopic (exact) mass is 414 g/mol. The number of nitrogens with one attached hydrogen (secondary N) is 1. The number of anilines is 1. The molecule has 1 amide bonds. The van der Waals surface area contributed by atoms with E-state index in [0.29, 0.717) is 11.3 Å². The smallest absolute Gasteiger partial charge is 0.339 e. The number of carbonyl (C=O) groups is 2. The average Bonchev–Trinajstić information content (AvgIpc) is 2.78. The minimum atomic E-state index is -1.19. The molecule has 0 radical (unpaired) electrons. The third kappa shape index (κ3) is 5.71. The summed E-state index contributed by atoms with van der Waals surface area (Å²) in [5.41, 5.74) is 1.37. The number of ether oxygens (including phenoxy) is 1. The lowest BCUT2D eigenvalue weighted by Gasteiger charge is -2.10. The summed E-state index contributed by atoms with van der Waals surface area (Å²) in [4.78, 5) is 24.1. The number of phenols is 1. The molecule has 0 saturated carbocycles. The van der Waals surface area contributed by atoms with Crippen LogP contribution in [0.15, 0.2) is 78.4 Å². The standard InChI is InChI=1S/C24H18N2O5/c25-14-18(23(28)26-19-7-9-20(27)10-8-19)12-17-6-11-22(21(13-17)24(29)30)31-15-16-4-2-1-3-5-16/h1-13,27H,15H2,(H,26,28)(H,29,30)/b18-12-. The second-order valence-corrected chi connectivity index (χ2v) is 6.51. The van der Waals surface area contributed by atoms with Crippen LogP contribution in [0.4, 0.5) is 5.69 Å². The molecule has 0 aliphatic rings. The number of amides is 1. The van der Waals surface area contributed by atoms with Gasteiger partial charge in [-0.3, -0.25) is 4.79 Å². The van der Waals surface area contributed by atoms with Gasteiger partial charge in [-0.05, 0) is 53.6 Å². The maximum Gasteiger partial charge on any atom is 0.339 e. The highest BCUT2D eigenvalue weighted by atomic mass is 16.5. The van der Waals surface area contributed by atoms with Crippen molar-refractivity contribution in [2.75, 3.05) is 5.32 Å². The van der Waals surface area contributed by atoms with Crippen LogP contribution < -0.4 is 10.1 Å². The number of phenolic OH excluding ortho intramolecular Hbond substituents is 1. The molecule has 3 rings (SSSR count). The molecule has 3 aromatic carbocycles. The molecule has 3 N–H and O–H groups in total. The normalized spacial score (nSPS) is 10.7. The van der Waals surface area contributed by atoms with E-state index in [4.69, 9.17) is 4.74 Å². The summed E-state index contributed by atoms with van der Waals surface area (Å²) < 4.78 is 5.64. The first kappa shape index (κ1) is 21.1. The van der Waals surface area contributed by atoms with Gasteiger partial charge in [-0.15, -0.1) is 0 Å². The number of carboxylic acid groups (broad SMARTS) is 1. The zero-order valence-corrected chi connectivity index (χ0v) is 16.3. The van der Waals surface area contributed by atoms with Crippen LogP contribution in [0.5, 0.6) is 11.5 Å². The van der Waals surface area contributed by atoms with E-state index in [1.165, 1.54) is 42.5 Å². The summed E-state index contributed by atoms with van der Waals surface area (Å²) in [7, 11) is 0. The Morgan fingerprint density at radius 2 is 1.74 bits per heavy atom. The van der Waals surface area contributed by atoms with Crippen LogP contribution in [0.1, 0.15) is 21.5 Å². The van der Waals surface area contributed by atoms with Gasteiger partial charge in [0.25, 0.3) is 5.91 Å². The third-order valence-electron chi connectivity index (χ3n) is 4.27. The maximum absolute atomic E-state index is 12.4. The van der Waals surface area contributed by atoms with Crippen LogP contribution in [-0.4, -0.2) is 22.1 Å². The lowest BCUT2D eigenvalue weighted by molar-refractivity contribution is -0.112. The van der Waals surface area contributed by atoms with E-state index in [9.17, 15) is 25.1 Å². The predicted molar refractivity (Wildman–Crippen MR) is 115 cm³/mol. The van der Waals surface area contributed by atoms with Crippen LogP contribution in [0.3, 0.4) is 0 Å². The SMILES string of the molecule is N#C/C(=C/c1ccc(OCc2ccccc2)c(C(=O)O)c1)C(=O)Nc1ccc(O)cc1. The van der Waals surface area contributed by atoms with Crippen molar-refractivity contribution in [3.8, 4) is 17.6 Å². The molecule has 0 unspecified atom stereocenters. The van der Waals surface area contributed by atoms with Gasteiger partial charge in [0.2, 0.25) is 0 Å². The Bertz CT molecular complexity index is 1160. The number of carboxylic acids is 1. The van der Waals surface area contributed by atoms with Crippen molar-refractivity contribution in [1.29, 1.82) is 5.26 Å². The molecule has 7 heteroatoms. The van der Waals surface area contributed by atoms with Gasteiger partial charge >= 0.3 is 5.97 Å². The predicted octanol–water partition coefficient (Wildman–Crippen LogP) is 4.22. The summed E-state index contributed by atoms with van der Waals surface area (Å²) in [6, 6.07) is 21.3. The van der Waals surface area contributed by atoms with E-state index < -0.39 is 11.9 Å². The summed E-state index contributed by atoms with van der Waals surface area (Å²) in [5, 5.41) is 30.8. The fourth-order valence-electron chi connectivity index (χ4n) is 2.72. The quantitative estimate of drug-likeness (QED) is 0.303. The second kappa shape index (κ2) is 9.76. The van der Waals surface area contributed by atoms with Crippen molar-refractivity contribution < 1.29 is 24.5 Å². The highest BCUT2D eigenvalue weighted by Crippen LogP contribution is 2.23. The second-order valence-electron chi connectivity index (χ2n) is 6.51. The number of nitriles is 1. The van der Waals surface area contributed by atoms with Crippen molar-refractivity contribution in [2.45, 2.75) is 6.61 Å². The Morgan fingerprint density at radius 1 is 1.03 bits per heavy atom. The molecule has 0 heterocycles. The van der Waals surface area contributed by atoms with Crippen LogP contribution >= 0.6 is 0 Å². The Balaban J connectivity index is 1.80. The Kier molecular flexibility index (Phi) is 6.66. The van der Waals surface area contributed by atoms with Gasteiger partial charge < -0.3 is 20.3 Å². The molecule has 3 aromatic rings. The minimum absolute atomic E-state index is 0.0461. The van der Waals surface area contributed by atoms with Gasteiger partial charge in [-0.25, -0.2) is 4.79 Å². The number of carbonyl (C=O) groups excluding carboxylic acids is 1. The first-order valence-electron chi connectivity index (χ1n) is 9.22. The molecular formula is C24H18N2O5. The molecule has 0 aromatic heterocycles. The van der Waals surface area contributed by atoms with Crippen molar-refractivity contribution in [1.82, 2.24) is 0 Å². The van der Waals surface area contributed by atoms with Gasteiger partial charge in [0.05, 0.1) is 0 Å². The lowest BCUT2D eigenvalue weighted by Crippen LogP contribution is -2.13. The van der Waals surface area contributed by atoms with Gasteiger partial charge in [-0.2, -0.15) is 5.26 Å². The molecule has 0 fully saturated rings. The fourth-order valence-corrected chi connectivity index (χ4v) is 2.72. The van der Waals surface area contributed by atoms with Crippen molar-refractivity contribution in [3.63, 3.8) is 0 Å². The average molecular weight is 414 g/mol. The summed E-state index contributed by atoms with van der Waals surface area (Å²) >= 11 is 0. The summed E-state index contributed by atoms with van der Waals surface area (Å²) in [6.07, 6.45) is 1.29. The largest absolute Gasteiger partial charge is 0.508 e. The molecule has 0 bridgehead atoms. The lowest BCUT2D eigenvalue weighted by atomic mass is 10.1. The van der Waals surface area contributed by atoms with E-state index in [1.807, 2.05) is 36.4 Å². The number of nitrogens with zero attached hydrogens (tertiary/aromatic N) is 1. The van der Waals surface area contributed by atoms with Crippen molar-refractivity contribution in [3.05, 3.63) is 95.1 Å². The molecule has 0 saturated heterocycles. The zero-order chi connectivity index (χ0) is 22.2. The number of aromatic carboxylic acids is 1. The number of rotatable bonds is 7. The van der Waals surface area contributed by atoms with Crippen LogP contribution in [0.25, 0.3) is 6.08 Å². The number of hydrogen-bond donors (Lipinski definition) is 3. The molecule has 0 aliphatic carbocycles. The highest BCUT2D eigenvalue weighted by molar-refractivity contribution is 6.09. The molecular weight excluding hydrogens is 396 g/mol. The van der Waals surface area contributed by atoms with Crippen molar-refractivity contribution >= 4 is 23.6 Å². The van der Waals surface area contributed by atoms with Gasteiger partial charge in [0, 0.05) is 5.69 Å². The molecule has 7 nitrogen and oxygen atoms in total. The Morgan fingerprint density at radius 3 is 2.39 bits per heavy atom. The molecule has 31 heavy (non-hydrogen) atoms. The first-order chi connectivity index (χ1) is 15.0. The molecule has 0 aliphatic heterocycles. The first-order valence-corrected chi connectivity index (χ1v) is 9.22. The topological polar surface area (TPSA) is 120 Å². The Labute approximate surface area is 178 Å². The maximum atomic E-state index is 12.4. The van der Waals surface area contributed by atoms with Crippen molar-refractivity contribution in [2.24, 2.45) is 0 Å². The van der Waals surface area contributed by atoms with Gasteiger partial charge in [-0.1, -0.05) is 36.4 Å². The number of benzene rings is 3. The van der Waals surface area contributed by atoms with Crippen LogP contribution in [-0.2, 0) is 11.4 Å². The number of hydrogen-bond acceptors (Lipinski definition) is 5. The van der Waals surface area contributed by atoms with E-state index in [1.54, 1.807) is 6.07 Å².